The predicted molar refractivity (Wildman–Crippen MR) is 70.5 cm³/mol. The Bertz CT molecular complexity index is 196. The van der Waals surface area contributed by atoms with E-state index in [4.69, 9.17) is 0 Å². The molecule has 0 aromatic rings. The molecule has 2 rings (SSSR count). The molecular weight excluding hydrogens is 194 g/mol. The van der Waals surface area contributed by atoms with Crippen LogP contribution < -0.4 is 5.32 Å². The number of rotatable bonds is 6. The summed E-state index contributed by atoms with van der Waals surface area (Å²) in [4.78, 5) is 0. The maximum Gasteiger partial charge on any atom is 0.0101 e. The van der Waals surface area contributed by atoms with E-state index in [1.807, 2.05) is 0 Å². The summed E-state index contributed by atoms with van der Waals surface area (Å²) in [6, 6.07) is 0.845. The summed E-state index contributed by atoms with van der Waals surface area (Å²) >= 11 is 0. The topological polar surface area (TPSA) is 12.0 Å². The summed E-state index contributed by atoms with van der Waals surface area (Å²) in [6.07, 6.45) is 11.7. The van der Waals surface area contributed by atoms with Gasteiger partial charge in [0.15, 0.2) is 0 Å². The predicted octanol–water partition coefficient (Wildman–Crippen LogP) is 3.98. The van der Waals surface area contributed by atoms with Gasteiger partial charge in [-0.05, 0) is 43.6 Å². The van der Waals surface area contributed by atoms with Gasteiger partial charge in [-0.15, -0.1) is 0 Å². The van der Waals surface area contributed by atoms with E-state index in [9.17, 15) is 0 Å². The normalized spacial score (nSPS) is 32.6. The van der Waals surface area contributed by atoms with Crippen LogP contribution in [-0.4, -0.2) is 12.6 Å². The maximum atomic E-state index is 3.81. The van der Waals surface area contributed by atoms with Crippen LogP contribution >= 0.6 is 0 Å². The Morgan fingerprint density at radius 1 is 1.19 bits per heavy atom. The molecule has 2 fully saturated rings. The molecule has 3 unspecified atom stereocenters. The lowest BCUT2D eigenvalue weighted by Gasteiger charge is -2.27. The van der Waals surface area contributed by atoms with E-state index in [0.717, 1.165) is 23.8 Å². The first-order valence-electron chi connectivity index (χ1n) is 7.54. The van der Waals surface area contributed by atoms with E-state index in [-0.39, 0.29) is 0 Å². The van der Waals surface area contributed by atoms with Gasteiger partial charge in [0.2, 0.25) is 0 Å². The van der Waals surface area contributed by atoms with Crippen LogP contribution in [0.25, 0.3) is 0 Å². The van der Waals surface area contributed by atoms with Gasteiger partial charge in [0.25, 0.3) is 0 Å². The Morgan fingerprint density at radius 3 is 2.44 bits per heavy atom. The highest BCUT2D eigenvalue weighted by molar-refractivity contribution is 4.93. The second-order valence-corrected chi connectivity index (χ2v) is 6.18. The third-order valence-corrected chi connectivity index (χ3v) is 4.66. The molecule has 2 saturated carbocycles. The van der Waals surface area contributed by atoms with Gasteiger partial charge in [-0.2, -0.15) is 0 Å². The lowest BCUT2D eigenvalue weighted by atomic mass is 9.83. The summed E-state index contributed by atoms with van der Waals surface area (Å²) in [5, 5.41) is 3.81. The fourth-order valence-corrected chi connectivity index (χ4v) is 3.43. The molecule has 0 saturated heterocycles. The Kier molecular flexibility index (Phi) is 4.69. The summed E-state index contributed by atoms with van der Waals surface area (Å²) in [7, 11) is 0. The minimum absolute atomic E-state index is 0.845. The van der Waals surface area contributed by atoms with Gasteiger partial charge in [-0.3, -0.25) is 0 Å². The molecule has 16 heavy (non-hydrogen) atoms. The van der Waals surface area contributed by atoms with Crippen LogP contribution in [0.3, 0.4) is 0 Å². The van der Waals surface area contributed by atoms with Crippen molar-refractivity contribution in [1.82, 2.24) is 5.32 Å². The molecule has 1 N–H and O–H groups in total. The molecule has 0 bridgehead atoms. The average molecular weight is 223 g/mol. The average Bonchev–Trinajstić information content (AvgIpc) is 3.03. The second-order valence-electron chi connectivity index (χ2n) is 6.18. The van der Waals surface area contributed by atoms with Gasteiger partial charge < -0.3 is 5.32 Å². The van der Waals surface area contributed by atoms with Crippen LogP contribution in [-0.2, 0) is 0 Å². The van der Waals surface area contributed by atoms with Crippen LogP contribution in [0.4, 0.5) is 0 Å². The summed E-state index contributed by atoms with van der Waals surface area (Å²) in [5.74, 6) is 3.04. The van der Waals surface area contributed by atoms with Crippen LogP contribution in [0, 0.1) is 17.8 Å². The highest BCUT2D eigenvalue weighted by Crippen LogP contribution is 2.43. The van der Waals surface area contributed by atoms with E-state index in [0.29, 0.717) is 0 Å². The van der Waals surface area contributed by atoms with Gasteiger partial charge in [-0.1, -0.05) is 46.0 Å². The highest BCUT2D eigenvalue weighted by atomic mass is 14.9. The molecule has 94 valence electrons. The lowest BCUT2D eigenvalue weighted by Crippen LogP contribution is -2.34. The third kappa shape index (κ3) is 3.48. The van der Waals surface area contributed by atoms with E-state index >= 15 is 0 Å². The Labute approximate surface area is 101 Å². The zero-order valence-corrected chi connectivity index (χ0v) is 11.2. The van der Waals surface area contributed by atoms with Gasteiger partial charge in [-0.25, -0.2) is 0 Å². The second kappa shape index (κ2) is 6.05. The molecule has 1 nitrogen and oxygen atoms in total. The molecular formula is C15H29N. The molecule has 0 aromatic carbocycles. The zero-order valence-electron chi connectivity index (χ0n) is 11.2. The standard InChI is InChI=1S/C15H29N/c1-3-9-16-15(14-10-12(14)2)11-13-7-5-4-6-8-13/h12-16H,3-11H2,1-2H3. The van der Waals surface area contributed by atoms with Gasteiger partial charge in [0.05, 0.1) is 0 Å². The lowest BCUT2D eigenvalue weighted by molar-refractivity contribution is 0.280. The van der Waals surface area contributed by atoms with Gasteiger partial charge in [0, 0.05) is 6.04 Å². The molecule has 0 amide bonds. The maximum absolute atomic E-state index is 3.81. The fraction of sp³-hybridized carbons (Fsp3) is 1.00. The van der Waals surface area contributed by atoms with Crippen LogP contribution in [0.15, 0.2) is 0 Å². The summed E-state index contributed by atoms with van der Waals surface area (Å²) in [6.45, 7) is 5.92. The first-order chi connectivity index (χ1) is 7.81. The van der Waals surface area contributed by atoms with E-state index < -0.39 is 0 Å². The third-order valence-electron chi connectivity index (χ3n) is 4.66. The van der Waals surface area contributed by atoms with Crippen molar-refractivity contribution in [2.75, 3.05) is 6.54 Å². The van der Waals surface area contributed by atoms with Gasteiger partial charge in [0.1, 0.15) is 0 Å². The van der Waals surface area contributed by atoms with Crippen molar-refractivity contribution < 1.29 is 0 Å². The van der Waals surface area contributed by atoms with Crippen molar-refractivity contribution in [3.63, 3.8) is 0 Å². The van der Waals surface area contributed by atoms with Crippen LogP contribution in [0.1, 0.15) is 65.2 Å². The molecule has 0 aromatic heterocycles. The Morgan fingerprint density at radius 2 is 1.88 bits per heavy atom. The molecule has 1 heteroatoms. The first-order valence-corrected chi connectivity index (χ1v) is 7.54. The highest BCUT2D eigenvalue weighted by Gasteiger charge is 2.39. The first kappa shape index (κ1) is 12.4. The molecule has 0 spiro atoms. The molecule has 2 aliphatic rings. The molecule has 3 atom stereocenters. The Hall–Kier alpha value is -0.0400. The zero-order chi connectivity index (χ0) is 11.4. The summed E-state index contributed by atoms with van der Waals surface area (Å²) in [5.41, 5.74) is 0. The van der Waals surface area contributed by atoms with E-state index in [2.05, 4.69) is 19.2 Å². The molecule has 0 radical (unpaired) electrons. The Balaban J connectivity index is 1.76. The molecule has 0 aliphatic heterocycles. The fourth-order valence-electron chi connectivity index (χ4n) is 3.43. The van der Waals surface area contributed by atoms with Crippen molar-refractivity contribution in [2.45, 2.75) is 71.3 Å². The van der Waals surface area contributed by atoms with Gasteiger partial charge >= 0.3 is 0 Å². The smallest absolute Gasteiger partial charge is 0.0101 e. The van der Waals surface area contributed by atoms with Crippen molar-refractivity contribution in [2.24, 2.45) is 17.8 Å². The van der Waals surface area contributed by atoms with Crippen LogP contribution in [0.2, 0.25) is 0 Å². The largest absolute Gasteiger partial charge is 0.314 e. The number of nitrogens with one attached hydrogen (secondary N) is 1. The van der Waals surface area contributed by atoms with Crippen molar-refractivity contribution in [1.29, 1.82) is 0 Å². The molecule has 2 aliphatic carbocycles. The minimum atomic E-state index is 0.845. The monoisotopic (exact) mass is 223 g/mol. The molecule has 0 heterocycles. The van der Waals surface area contributed by atoms with E-state index in [1.54, 1.807) is 0 Å². The quantitative estimate of drug-likeness (QED) is 0.718. The SMILES string of the molecule is CCCNC(CC1CCCCC1)C1CC1C. The van der Waals surface area contributed by atoms with Crippen molar-refractivity contribution >= 4 is 0 Å². The minimum Gasteiger partial charge on any atom is -0.314 e. The van der Waals surface area contributed by atoms with E-state index in [1.165, 1.54) is 57.9 Å². The number of hydrogen-bond acceptors (Lipinski definition) is 1. The summed E-state index contributed by atoms with van der Waals surface area (Å²) < 4.78 is 0. The number of hydrogen-bond donors (Lipinski definition) is 1. The van der Waals surface area contributed by atoms with Crippen LogP contribution in [0.5, 0.6) is 0 Å². The van der Waals surface area contributed by atoms with Crippen molar-refractivity contribution in [3.8, 4) is 0 Å². The van der Waals surface area contributed by atoms with Crippen molar-refractivity contribution in [3.05, 3.63) is 0 Å².